The van der Waals surface area contributed by atoms with Gasteiger partial charge < -0.3 is 4.74 Å². The second-order valence-electron chi connectivity index (χ2n) is 3.26. The van der Waals surface area contributed by atoms with Crippen LogP contribution in [0.3, 0.4) is 0 Å². The number of nitrogens with zero attached hydrogens (tertiary/aromatic N) is 1. The molecule has 8 heteroatoms. The molecular weight excluding hydrogens is 244 g/mol. The Hall–Kier alpha value is -0.370. The highest BCUT2D eigenvalue weighted by molar-refractivity contribution is 8.12. The van der Waals surface area contributed by atoms with Crippen molar-refractivity contribution >= 4 is 25.9 Å². The van der Waals surface area contributed by atoms with E-state index in [4.69, 9.17) is 10.7 Å². The van der Waals surface area contributed by atoms with Gasteiger partial charge in [0.05, 0.1) is 7.11 Å². The van der Waals surface area contributed by atoms with E-state index in [1.54, 1.807) is 0 Å². The molecule has 6 nitrogen and oxygen atoms in total. The number of ether oxygens (including phenoxy) is 1. The molecule has 0 aliphatic carbocycles. The van der Waals surface area contributed by atoms with Gasteiger partial charge in [-0.15, -0.1) is 4.83 Å². The van der Waals surface area contributed by atoms with Gasteiger partial charge in [-0.1, -0.05) is 0 Å². The fraction of sp³-hybridized carbons (Fsp3) is 0.857. The van der Waals surface area contributed by atoms with Crippen LogP contribution >= 0.6 is 10.7 Å². The monoisotopic (exact) mass is 256 g/mol. The van der Waals surface area contributed by atoms with Crippen molar-refractivity contribution in [3.63, 3.8) is 0 Å². The first kappa shape index (κ1) is 12.7. The Morgan fingerprint density at radius 3 is 2.73 bits per heavy atom. The highest BCUT2D eigenvalue weighted by Gasteiger charge is 2.31. The maximum atomic E-state index is 11.3. The van der Waals surface area contributed by atoms with Crippen molar-refractivity contribution in [1.29, 1.82) is 0 Å². The van der Waals surface area contributed by atoms with Gasteiger partial charge in [0.1, 0.15) is 6.04 Å². The Labute approximate surface area is 93.0 Å². The molecule has 0 saturated carbocycles. The van der Waals surface area contributed by atoms with Crippen LogP contribution in [0.5, 0.6) is 0 Å². The molecule has 1 saturated heterocycles. The van der Waals surface area contributed by atoms with E-state index >= 15 is 0 Å². The number of esters is 1. The van der Waals surface area contributed by atoms with Gasteiger partial charge in [-0.3, -0.25) is 4.79 Å². The average molecular weight is 257 g/mol. The Kier molecular flexibility index (Phi) is 4.32. The van der Waals surface area contributed by atoms with E-state index < -0.39 is 21.2 Å². The van der Waals surface area contributed by atoms with E-state index in [-0.39, 0.29) is 0 Å². The Morgan fingerprint density at radius 2 is 2.20 bits per heavy atom. The predicted octanol–water partition coefficient (Wildman–Crippen LogP) is 0.00210. The third-order valence-electron chi connectivity index (χ3n) is 2.20. The summed E-state index contributed by atoms with van der Waals surface area (Å²) in [5.41, 5.74) is 0. The van der Waals surface area contributed by atoms with Crippen LogP contribution in [0.25, 0.3) is 0 Å². The summed E-state index contributed by atoms with van der Waals surface area (Å²) >= 11 is 0. The third-order valence-corrected chi connectivity index (χ3v) is 2.86. The zero-order valence-corrected chi connectivity index (χ0v) is 9.84. The summed E-state index contributed by atoms with van der Waals surface area (Å²) in [6, 6.07) is -0.586. The highest BCUT2D eigenvalue weighted by atomic mass is 35.7. The summed E-state index contributed by atoms with van der Waals surface area (Å²) in [6.07, 6.45) is 2.24. The van der Waals surface area contributed by atoms with Gasteiger partial charge in [-0.25, -0.2) is 5.01 Å². The van der Waals surface area contributed by atoms with E-state index in [0.29, 0.717) is 13.0 Å². The number of nitrogens with one attached hydrogen (secondary N) is 1. The van der Waals surface area contributed by atoms with E-state index in [1.807, 2.05) is 0 Å². The number of carbonyl (C=O) groups is 1. The van der Waals surface area contributed by atoms with Crippen molar-refractivity contribution < 1.29 is 17.9 Å². The highest BCUT2D eigenvalue weighted by Crippen LogP contribution is 2.16. The number of hydrogen-bond acceptors (Lipinski definition) is 5. The van der Waals surface area contributed by atoms with Gasteiger partial charge in [0.25, 0.3) is 0 Å². The first-order chi connectivity index (χ1) is 6.94. The fourth-order valence-electron chi connectivity index (χ4n) is 1.56. The molecule has 0 bridgehead atoms. The Morgan fingerprint density at radius 1 is 1.53 bits per heavy atom. The van der Waals surface area contributed by atoms with Gasteiger partial charge in [-0.2, -0.15) is 8.42 Å². The first-order valence-corrected chi connectivity index (χ1v) is 6.81. The number of hydrogen-bond donors (Lipinski definition) is 1. The van der Waals surface area contributed by atoms with Crippen molar-refractivity contribution in [3.05, 3.63) is 0 Å². The number of methoxy groups -OCH3 is 1. The molecule has 0 unspecified atom stereocenters. The number of rotatable bonds is 3. The lowest BCUT2D eigenvalue weighted by atomic mass is 10.0. The molecule has 0 aromatic rings. The minimum atomic E-state index is -3.86. The van der Waals surface area contributed by atoms with Crippen LogP contribution in [0.1, 0.15) is 19.3 Å². The third kappa shape index (κ3) is 3.94. The number of halogens is 1. The summed E-state index contributed by atoms with van der Waals surface area (Å²) in [5, 5.41) is 1.30. The molecule has 0 aromatic carbocycles. The van der Waals surface area contributed by atoms with Crippen molar-refractivity contribution in [3.8, 4) is 0 Å². The fourth-order valence-corrected chi connectivity index (χ4v) is 2.33. The van der Waals surface area contributed by atoms with E-state index in [0.717, 1.165) is 12.8 Å². The zero-order chi connectivity index (χ0) is 11.5. The van der Waals surface area contributed by atoms with E-state index in [9.17, 15) is 13.2 Å². The quantitative estimate of drug-likeness (QED) is 0.568. The molecule has 0 spiro atoms. The SMILES string of the molecule is COC(=O)[C@@H]1CCCCN1NS(=O)(=O)Cl. The standard InChI is InChI=1S/C7H13ClN2O4S/c1-14-7(11)6-4-2-3-5-10(6)9-15(8,12)13/h6,9H,2-5H2,1H3/t6-/m0/s1. The maximum Gasteiger partial charge on any atom is 0.324 e. The second-order valence-corrected chi connectivity index (χ2v) is 5.53. The summed E-state index contributed by atoms with van der Waals surface area (Å²) < 4.78 is 26.2. The first-order valence-electron chi connectivity index (χ1n) is 4.50. The lowest BCUT2D eigenvalue weighted by Crippen LogP contribution is -2.53. The Bertz CT molecular complexity index is 332. The van der Waals surface area contributed by atoms with Gasteiger partial charge in [0.15, 0.2) is 0 Å². The van der Waals surface area contributed by atoms with Crippen LogP contribution in [-0.4, -0.2) is 39.1 Å². The van der Waals surface area contributed by atoms with Crippen molar-refractivity contribution in [1.82, 2.24) is 9.84 Å². The second kappa shape index (κ2) is 5.11. The average Bonchev–Trinajstić information content (AvgIpc) is 2.15. The number of carbonyl (C=O) groups excluding carboxylic acids is 1. The van der Waals surface area contributed by atoms with Crippen LogP contribution in [0, 0.1) is 0 Å². The van der Waals surface area contributed by atoms with Gasteiger partial charge in [0.2, 0.25) is 0 Å². The molecule has 88 valence electrons. The number of piperidine rings is 1. The molecule has 0 aromatic heterocycles. The summed E-state index contributed by atoms with van der Waals surface area (Å²) in [6.45, 7) is 0.450. The van der Waals surface area contributed by atoms with E-state index in [1.165, 1.54) is 12.1 Å². The van der Waals surface area contributed by atoms with Crippen molar-refractivity contribution in [2.45, 2.75) is 25.3 Å². The zero-order valence-electron chi connectivity index (χ0n) is 8.27. The summed E-state index contributed by atoms with van der Waals surface area (Å²) in [4.78, 5) is 13.4. The van der Waals surface area contributed by atoms with Crippen LogP contribution in [0.4, 0.5) is 0 Å². The minimum absolute atomic E-state index is 0.450. The van der Waals surface area contributed by atoms with Crippen LogP contribution in [0.2, 0.25) is 0 Å². The van der Waals surface area contributed by atoms with Crippen molar-refractivity contribution in [2.75, 3.05) is 13.7 Å². The lowest BCUT2D eigenvalue weighted by molar-refractivity contribution is -0.149. The smallest absolute Gasteiger partial charge is 0.324 e. The normalized spacial score (nSPS) is 23.7. The Balaban J connectivity index is 2.70. The molecule has 1 N–H and O–H groups in total. The molecule has 1 aliphatic heterocycles. The van der Waals surface area contributed by atoms with Crippen LogP contribution in [0.15, 0.2) is 0 Å². The molecule has 1 rings (SSSR count). The van der Waals surface area contributed by atoms with Crippen LogP contribution in [-0.2, 0) is 18.8 Å². The van der Waals surface area contributed by atoms with E-state index in [2.05, 4.69) is 9.57 Å². The molecular formula is C7H13ClN2O4S. The molecule has 1 heterocycles. The molecule has 1 atom stereocenters. The minimum Gasteiger partial charge on any atom is -0.468 e. The molecule has 15 heavy (non-hydrogen) atoms. The molecule has 1 fully saturated rings. The van der Waals surface area contributed by atoms with Gasteiger partial charge >= 0.3 is 15.2 Å². The topological polar surface area (TPSA) is 75.7 Å². The molecule has 0 radical (unpaired) electrons. The largest absolute Gasteiger partial charge is 0.468 e. The number of hydrazine groups is 1. The summed E-state index contributed by atoms with van der Waals surface area (Å²) in [5.74, 6) is -0.456. The van der Waals surface area contributed by atoms with Gasteiger partial charge in [0, 0.05) is 17.2 Å². The lowest BCUT2D eigenvalue weighted by Gasteiger charge is -2.32. The van der Waals surface area contributed by atoms with Crippen LogP contribution < -0.4 is 4.83 Å². The molecule has 1 aliphatic rings. The van der Waals surface area contributed by atoms with Gasteiger partial charge in [-0.05, 0) is 19.3 Å². The summed E-state index contributed by atoms with van der Waals surface area (Å²) in [7, 11) is 2.46. The molecule has 0 amide bonds. The predicted molar refractivity (Wildman–Crippen MR) is 54.3 cm³/mol. The maximum absolute atomic E-state index is 11.3. The van der Waals surface area contributed by atoms with Crippen molar-refractivity contribution in [2.24, 2.45) is 0 Å².